The number of aromatic nitrogens is 3. The zero-order valence-electron chi connectivity index (χ0n) is 18.8. The number of furan rings is 1. The fourth-order valence-electron chi connectivity index (χ4n) is 4.54. The van der Waals surface area contributed by atoms with Crippen LogP contribution >= 0.6 is 23.4 Å². The average Bonchev–Trinajstić information content (AvgIpc) is 3.57. The number of imidazole rings is 1. The lowest BCUT2D eigenvalue weighted by atomic mass is 9.82. The second-order valence-electron chi connectivity index (χ2n) is 8.28. The van der Waals surface area contributed by atoms with Crippen LogP contribution in [0.5, 0.6) is 0 Å². The van der Waals surface area contributed by atoms with Crippen LogP contribution in [0.2, 0.25) is 5.02 Å². The van der Waals surface area contributed by atoms with Gasteiger partial charge < -0.3 is 29.8 Å². The van der Waals surface area contributed by atoms with Crippen molar-refractivity contribution in [3.8, 4) is 0 Å². The number of nitrogens with one attached hydrogen (secondary N) is 4. The van der Waals surface area contributed by atoms with E-state index < -0.39 is 17.7 Å². The van der Waals surface area contributed by atoms with Gasteiger partial charge in [0.1, 0.15) is 17.3 Å². The van der Waals surface area contributed by atoms with Gasteiger partial charge in [0.25, 0.3) is 0 Å². The maximum absolute atomic E-state index is 13.8. The predicted octanol–water partition coefficient (Wildman–Crippen LogP) is 4.59. The lowest BCUT2D eigenvalue weighted by Gasteiger charge is -2.31. The summed E-state index contributed by atoms with van der Waals surface area (Å²) in [5, 5.41) is 7.37. The van der Waals surface area contributed by atoms with Crippen LogP contribution in [0, 0.1) is 5.82 Å². The molecule has 1 aromatic carbocycles. The Morgan fingerprint density at radius 3 is 3.03 bits per heavy atom. The fraction of sp³-hybridized carbons (Fsp3) is 0.208. The molecule has 0 aliphatic carbocycles. The highest BCUT2D eigenvalue weighted by atomic mass is 35.5. The number of carbonyl (C=O) groups is 2. The van der Waals surface area contributed by atoms with E-state index in [0.717, 1.165) is 0 Å². The van der Waals surface area contributed by atoms with Crippen LogP contribution in [-0.2, 0) is 9.53 Å². The third kappa shape index (κ3) is 3.80. The number of hydrogen-bond donors (Lipinski definition) is 4. The molecule has 0 amide bonds. The molecule has 5 heterocycles. The molecule has 0 spiro atoms. The number of hydrogen-bond acceptors (Lipinski definition) is 8. The molecule has 1 atom stereocenters. The van der Waals surface area contributed by atoms with Gasteiger partial charge in [-0.1, -0.05) is 11.6 Å². The van der Waals surface area contributed by atoms with Crippen molar-refractivity contribution in [2.24, 2.45) is 0 Å². The van der Waals surface area contributed by atoms with Crippen LogP contribution in [-0.4, -0.2) is 46.4 Å². The summed E-state index contributed by atoms with van der Waals surface area (Å²) < 4.78 is 25.2. The van der Waals surface area contributed by atoms with Crippen molar-refractivity contribution in [1.29, 1.82) is 0 Å². The van der Waals surface area contributed by atoms with Crippen molar-refractivity contribution in [2.45, 2.75) is 23.1 Å². The molecule has 0 fully saturated rings. The molecule has 4 N–H and O–H groups in total. The van der Waals surface area contributed by atoms with Crippen LogP contribution in [0.15, 0.2) is 56.4 Å². The first-order valence-electron chi connectivity index (χ1n) is 11.2. The molecule has 2 aliphatic rings. The van der Waals surface area contributed by atoms with Crippen LogP contribution in [0.3, 0.4) is 0 Å². The van der Waals surface area contributed by atoms with Gasteiger partial charge >= 0.3 is 5.97 Å². The summed E-state index contributed by atoms with van der Waals surface area (Å²) in [6, 6.07) is 6.34. The van der Waals surface area contributed by atoms with Gasteiger partial charge in [0.2, 0.25) is 0 Å². The minimum Gasteiger partial charge on any atom is -0.461 e. The maximum Gasteiger partial charge on any atom is 0.356 e. The fourth-order valence-corrected chi connectivity index (χ4v) is 5.48. The number of nitrogens with zero attached hydrogens (tertiary/aromatic N) is 1. The summed E-state index contributed by atoms with van der Waals surface area (Å²) in [5.74, 6) is -1.05. The monoisotopic (exact) mass is 527 g/mol. The Morgan fingerprint density at radius 2 is 2.19 bits per heavy atom. The smallest absolute Gasteiger partial charge is 0.356 e. The molecule has 0 saturated carbocycles. The van der Waals surface area contributed by atoms with Crippen LogP contribution in [0.1, 0.15) is 34.7 Å². The van der Waals surface area contributed by atoms with Gasteiger partial charge in [-0.2, -0.15) is 0 Å². The minimum atomic E-state index is -0.543. The molecule has 184 valence electrons. The second kappa shape index (κ2) is 8.84. The third-order valence-corrected chi connectivity index (χ3v) is 7.16. The van der Waals surface area contributed by atoms with Crippen LogP contribution in [0.25, 0.3) is 11.0 Å². The summed E-state index contributed by atoms with van der Waals surface area (Å²) in [6.45, 7) is 2.64. The number of Topliss-reactive ketones (excluding diaryl/α,β-unsaturated/α-hetero) is 1. The molecule has 6 rings (SSSR count). The SMILES string of the molecule is CCOC(=O)c1[nH]cc2c1NC1=C(C(=O)CNC1)C2c1ccc(Sc2nc3cc(F)c(Cl)cc3[nH]2)o1. The Labute approximate surface area is 212 Å². The van der Waals surface area contributed by atoms with E-state index in [2.05, 4.69) is 25.6 Å². The van der Waals surface area contributed by atoms with E-state index in [0.29, 0.717) is 56.1 Å². The highest BCUT2D eigenvalue weighted by molar-refractivity contribution is 7.99. The third-order valence-electron chi connectivity index (χ3n) is 6.06. The first-order chi connectivity index (χ1) is 17.4. The number of ketones is 1. The Morgan fingerprint density at radius 1 is 1.33 bits per heavy atom. The van der Waals surface area contributed by atoms with E-state index in [1.165, 1.54) is 23.9 Å². The van der Waals surface area contributed by atoms with Crippen molar-refractivity contribution in [2.75, 3.05) is 25.0 Å². The Hall–Kier alpha value is -3.54. The van der Waals surface area contributed by atoms with Gasteiger partial charge in [0.15, 0.2) is 16.0 Å². The van der Waals surface area contributed by atoms with E-state index in [-0.39, 0.29) is 29.7 Å². The highest BCUT2D eigenvalue weighted by Crippen LogP contribution is 2.45. The number of halogens is 2. The van der Waals surface area contributed by atoms with E-state index in [1.807, 2.05) is 0 Å². The van der Waals surface area contributed by atoms with Gasteiger partial charge in [-0.25, -0.2) is 14.2 Å². The predicted molar refractivity (Wildman–Crippen MR) is 131 cm³/mol. The van der Waals surface area contributed by atoms with Gasteiger partial charge in [-0.3, -0.25) is 4.79 Å². The number of aromatic amines is 2. The second-order valence-corrected chi connectivity index (χ2v) is 9.68. The molecule has 2 aliphatic heterocycles. The minimum absolute atomic E-state index is 0.00843. The summed E-state index contributed by atoms with van der Waals surface area (Å²) in [6.07, 6.45) is 1.70. The summed E-state index contributed by atoms with van der Waals surface area (Å²) >= 11 is 7.10. The van der Waals surface area contributed by atoms with Crippen molar-refractivity contribution in [1.82, 2.24) is 20.3 Å². The van der Waals surface area contributed by atoms with Gasteiger partial charge in [-0.15, -0.1) is 0 Å². The topological polar surface area (TPSA) is 125 Å². The molecule has 3 aromatic heterocycles. The van der Waals surface area contributed by atoms with E-state index in [4.69, 9.17) is 20.8 Å². The zero-order valence-corrected chi connectivity index (χ0v) is 20.4. The van der Waals surface area contributed by atoms with E-state index in [1.54, 1.807) is 25.3 Å². The molecule has 12 heteroatoms. The molecule has 0 bridgehead atoms. The first-order valence-corrected chi connectivity index (χ1v) is 12.4. The van der Waals surface area contributed by atoms with Crippen LogP contribution in [0.4, 0.5) is 10.1 Å². The quantitative estimate of drug-likeness (QED) is 0.278. The molecule has 36 heavy (non-hydrogen) atoms. The Kier molecular flexibility index (Phi) is 5.62. The average molecular weight is 528 g/mol. The normalized spacial score (nSPS) is 17.2. The Bertz CT molecular complexity index is 1530. The van der Waals surface area contributed by atoms with Crippen molar-refractivity contribution >= 4 is 51.8 Å². The lowest BCUT2D eigenvalue weighted by Crippen LogP contribution is -2.39. The first kappa shape index (κ1) is 22.9. The van der Waals surface area contributed by atoms with E-state index in [9.17, 15) is 14.0 Å². The number of H-pyrrole nitrogens is 2. The lowest BCUT2D eigenvalue weighted by molar-refractivity contribution is -0.115. The van der Waals surface area contributed by atoms with Gasteiger partial charge in [0, 0.05) is 35.6 Å². The zero-order chi connectivity index (χ0) is 25.0. The highest BCUT2D eigenvalue weighted by Gasteiger charge is 2.39. The van der Waals surface area contributed by atoms with Crippen molar-refractivity contribution in [3.63, 3.8) is 0 Å². The summed E-state index contributed by atoms with van der Waals surface area (Å²) in [4.78, 5) is 36.0. The number of fused-ring (bicyclic) bond motifs is 2. The summed E-state index contributed by atoms with van der Waals surface area (Å²) in [7, 11) is 0. The molecule has 0 saturated heterocycles. The number of carbonyl (C=O) groups excluding carboxylic acids is 2. The van der Waals surface area contributed by atoms with Gasteiger partial charge in [-0.05, 0) is 36.9 Å². The molecule has 0 radical (unpaired) electrons. The molecular formula is C24H19ClFN5O4S. The largest absolute Gasteiger partial charge is 0.461 e. The molecule has 4 aromatic rings. The van der Waals surface area contributed by atoms with E-state index >= 15 is 0 Å². The number of benzene rings is 1. The van der Waals surface area contributed by atoms with Crippen molar-refractivity contribution < 1.29 is 23.1 Å². The molecule has 9 nitrogen and oxygen atoms in total. The molecular weight excluding hydrogens is 509 g/mol. The number of esters is 1. The maximum atomic E-state index is 13.8. The standard InChI is InChI=1S/C24H19ClFN5O4S/c1-2-34-23(33)22-21-10(7-28-22)19(20-15(29-21)8-27-9-16(20)32)17-3-4-18(35-17)36-24-30-13-5-11(25)12(26)6-14(13)31-24/h3-7,19,27-29H,2,8-9H2,1H3,(H,30,31). The number of ether oxygens (including phenoxy) is 1. The van der Waals surface area contributed by atoms with Crippen LogP contribution < -0.4 is 10.6 Å². The summed E-state index contributed by atoms with van der Waals surface area (Å²) in [5.41, 5.74) is 3.90. The number of anilines is 1. The van der Waals surface area contributed by atoms with Gasteiger partial charge in [0.05, 0.1) is 40.8 Å². The molecule has 1 unspecified atom stereocenters. The van der Waals surface area contributed by atoms with Crippen molar-refractivity contribution in [3.05, 3.63) is 69.6 Å². The number of rotatable bonds is 5. The Balaban J connectivity index is 1.37.